The van der Waals surface area contributed by atoms with Crippen molar-refractivity contribution in [1.82, 2.24) is 5.32 Å². The molecule has 0 radical (unpaired) electrons. The van der Waals surface area contributed by atoms with E-state index in [4.69, 9.17) is 0 Å². The molecule has 0 aromatic heterocycles. The molecule has 1 N–H and O–H groups in total. The summed E-state index contributed by atoms with van der Waals surface area (Å²) < 4.78 is 0. The van der Waals surface area contributed by atoms with Gasteiger partial charge >= 0.3 is 0 Å². The Labute approximate surface area is 108 Å². The second-order valence-corrected chi connectivity index (χ2v) is 6.95. The van der Waals surface area contributed by atoms with Gasteiger partial charge in [0.15, 0.2) is 0 Å². The van der Waals surface area contributed by atoms with E-state index in [1.165, 1.54) is 12.8 Å². The largest absolute Gasteiger partial charge is 0.353 e. The Morgan fingerprint density at radius 3 is 2.38 bits per heavy atom. The Bertz CT molecular complexity index is 222. The number of nitrogens with one attached hydrogen (secondary N) is 1. The Morgan fingerprint density at radius 2 is 1.88 bits per heavy atom. The molecular formula is C13H24BrNO. The summed E-state index contributed by atoms with van der Waals surface area (Å²) in [5.74, 6) is 1.35. The van der Waals surface area contributed by atoms with Crippen molar-refractivity contribution in [1.29, 1.82) is 0 Å². The monoisotopic (exact) mass is 289 g/mol. The first-order chi connectivity index (χ1) is 7.49. The molecule has 1 aliphatic carbocycles. The van der Waals surface area contributed by atoms with E-state index >= 15 is 0 Å². The third kappa shape index (κ3) is 4.86. The van der Waals surface area contributed by atoms with Gasteiger partial charge in [-0.1, -0.05) is 29.8 Å². The fourth-order valence-electron chi connectivity index (χ4n) is 2.43. The van der Waals surface area contributed by atoms with Gasteiger partial charge in [0, 0.05) is 16.8 Å². The molecule has 1 aliphatic rings. The molecule has 1 saturated carbocycles. The predicted molar refractivity (Wildman–Crippen MR) is 71.7 cm³/mol. The summed E-state index contributed by atoms with van der Waals surface area (Å²) in [6.45, 7) is 6.48. The Morgan fingerprint density at radius 1 is 1.31 bits per heavy atom. The zero-order valence-electron chi connectivity index (χ0n) is 10.6. The maximum Gasteiger partial charge on any atom is 0.223 e. The molecule has 1 rings (SSSR count). The minimum Gasteiger partial charge on any atom is -0.353 e. The van der Waals surface area contributed by atoms with Gasteiger partial charge in [0.25, 0.3) is 0 Å². The third-order valence-electron chi connectivity index (χ3n) is 3.45. The Balaban J connectivity index is 2.29. The number of carbonyl (C=O) groups excluding carboxylic acids is 1. The molecule has 0 saturated heterocycles. The van der Waals surface area contributed by atoms with E-state index in [2.05, 4.69) is 42.0 Å². The highest BCUT2D eigenvalue weighted by molar-refractivity contribution is 9.09. The van der Waals surface area contributed by atoms with Gasteiger partial charge in [0.1, 0.15) is 0 Å². The average molecular weight is 290 g/mol. The van der Waals surface area contributed by atoms with Crippen LogP contribution in [0.4, 0.5) is 0 Å². The lowest BCUT2D eigenvalue weighted by Gasteiger charge is -2.26. The summed E-state index contributed by atoms with van der Waals surface area (Å²) >= 11 is 3.52. The first-order valence-electron chi connectivity index (χ1n) is 6.43. The summed E-state index contributed by atoms with van der Waals surface area (Å²) in [6.07, 6.45) is 5.56. The minimum absolute atomic E-state index is 0.268. The summed E-state index contributed by atoms with van der Waals surface area (Å²) in [5, 5.41) is 3.13. The van der Waals surface area contributed by atoms with Crippen LogP contribution in [0.25, 0.3) is 0 Å². The van der Waals surface area contributed by atoms with E-state index in [0.29, 0.717) is 4.83 Å². The third-order valence-corrected chi connectivity index (χ3v) is 3.83. The van der Waals surface area contributed by atoms with Gasteiger partial charge in [-0.25, -0.2) is 0 Å². The van der Waals surface area contributed by atoms with Crippen LogP contribution in [0, 0.1) is 11.8 Å². The van der Waals surface area contributed by atoms with E-state index < -0.39 is 0 Å². The highest BCUT2D eigenvalue weighted by Gasteiger charge is 2.25. The molecule has 0 spiro atoms. The maximum atomic E-state index is 12.0. The van der Waals surface area contributed by atoms with Gasteiger partial charge in [-0.3, -0.25) is 4.79 Å². The molecule has 0 aromatic rings. The van der Waals surface area contributed by atoms with E-state index in [9.17, 15) is 4.79 Å². The molecule has 2 atom stereocenters. The van der Waals surface area contributed by atoms with Gasteiger partial charge in [-0.05, 0) is 44.9 Å². The molecule has 0 aliphatic heterocycles. The van der Waals surface area contributed by atoms with Gasteiger partial charge < -0.3 is 5.32 Å². The number of hydrogen-bond donors (Lipinski definition) is 1. The van der Waals surface area contributed by atoms with Crippen LogP contribution < -0.4 is 5.32 Å². The highest BCUT2D eigenvalue weighted by Crippen LogP contribution is 2.28. The molecule has 2 nitrogen and oxygen atoms in total. The molecule has 94 valence electrons. The van der Waals surface area contributed by atoms with E-state index in [1.54, 1.807) is 0 Å². The van der Waals surface area contributed by atoms with Crippen LogP contribution in [0.5, 0.6) is 0 Å². The van der Waals surface area contributed by atoms with E-state index in [0.717, 1.165) is 25.2 Å². The number of rotatable bonds is 4. The van der Waals surface area contributed by atoms with Gasteiger partial charge in [0.2, 0.25) is 5.91 Å². The van der Waals surface area contributed by atoms with Gasteiger partial charge in [0.05, 0.1) is 0 Å². The first-order valence-corrected chi connectivity index (χ1v) is 7.35. The van der Waals surface area contributed by atoms with Crippen LogP contribution in [-0.4, -0.2) is 16.8 Å². The fourth-order valence-corrected chi connectivity index (χ4v) is 2.99. The maximum absolute atomic E-state index is 12.0. The quantitative estimate of drug-likeness (QED) is 0.789. The molecule has 16 heavy (non-hydrogen) atoms. The smallest absolute Gasteiger partial charge is 0.223 e. The summed E-state index contributed by atoms with van der Waals surface area (Å²) in [4.78, 5) is 12.4. The lowest BCUT2D eigenvalue weighted by atomic mass is 9.82. The summed E-state index contributed by atoms with van der Waals surface area (Å²) in [7, 11) is 0. The summed E-state index contributed by atoms with van der Waals surface area (Å²) in [6, 6.07) is 0.279. The van der Waals surface area contributed by atoms with E-state index in [1.807, 2.05) is 0 Å². The van der Waals surface area contributed by atoms with Crippen LogP contribution >= 0.6 is 15.9 Å². The molecular weight excluding hydrogens is 266 g/mol. The molecule has 3 heteroatoms. The van der Waals surface area contributed by atoms with Crippen LogP contribution in [0.15, 0.2) is 0 Å². The van der Waals surface area contributed by atoms with Crippen molar-refractivity contribution in [2.45, 2.75) is 63.7 Å². The number of hydrogen-bond acceptors (Lipinski definition) is 1. The summed E-state index contributed by atoms with van der Waals surface area (Å²) in [5.41, 5.74) is 0. The molecule has 0 bridgehead atoms. The molecule has 0 heterocycles. The zero-order chi connectivity index (χ0) is 12.1. The number of alkyl halides is 1. The van der Waals surface area contributed by atoms with E-state index in [-0.39, 0.29) is 17.9 Å². The van der Waals surface area contributed by atoms with Crippen LogP contribution in [0.2, 0.25) is 0 Å². The van der Waals surface area contributed by atoms with Crippen molar-refractivity contribution in [2.75, 3.05) is 0 Å². The second kappa shape index (κ2) is 6.63. The lowest BCUT2D eigenvalue weighted by Crippen LogP contribution is -2.39. The first kappa shape index (κ1) is 14.0. The molecule has 0 aromatic carbocycles. The normalized spacial score (nSPS) is 29.5. The van der Waals surface area contributed by atoms with Crippen LogP contribution in [0.3, 0.4) is 0 Å². The van der Waals surface area contributed by atoms with Crippen molar-refractivity contribution in [3.05, 3.63) is 0 Å². The predicted octanol–water partition coefficient (Wildman–Crippen LogP) is 3.49. The van der Waals surface area contributed by atoms with Gasteiger partial charge in [-0.15, -0.1) is 0 Å². The van der Waals surface area contributed by atoms with Crippen LogP contribution in [-0.2, 0) is 4.79 Å². The zero-order valence-corrected chi connectivity index (χ0v) is 12.2. The molecule has 1 fully saturated rings. The Kier molecular flexibility index (Phi) is 5.81. The number of carbonyl (C=O) groups is 1. The average Bonchev–Trinajstić information content (AvgIpc) is 2.16. The number of amides is 1. The highest BCUT2D eigenvalue weighted by atomic mass is 79.9. The lowest BCUT2D eigenvalue weighted by molar-refractivity contribution is -0.126. The Hall–Kier alpha value is -0.0500. The van der Waals surface area contributed by atoms with Crippen molar-refractivity contribution in [3.8, 4) is 0 Å². The van der Waals surface area contributed by atoms with Crippen LogP contribution in [0.1, 0.15) is 52.9 Å². The van der Waals surface area contributed by atoms with Gasteiger partial charge in [-0.2, -0.15) is 0 Å². The fraction of sp³-hybridized carbons (Fsp3) is 0.923. The SMILES string of the molecule is CC(Br)CC(C)NC(=O)C1CCC(C)CC1. The van der Waals surface area contributed by atoms with Crippen molar-refractivity contribution in [2.24, 2.45) is 11.8 Å². The van der Waals surface area contributed by atoms with Crippen molar-refractivity contribution < 1.29 is 4.79 Å². The molecule has 1 amide bonds. The standard InChI is InChI=1S/C13H24BrNO/c1-9-4-6-12(7-5-9)13(16)15-11(3)8-10(2)14/h9-12H,4-8H2,1-3H3,(H,15,16). The minimum atomic E-state index is 0.268. The van der Waals surface area contributed by atoms with Crippen molar-refractivity contribution >= 4 is 21.8 Å². The number of halogens is 1. The second-order valence-electron chi connectivity index (χ2n) is 5.38. The van der Waals surface area contributed by atoms with Crippen molar-refractivity contribution in [3.63, 3.8) is 0 Å². The molecule has 2 unspecified atom stereocenters. The topological polar surface area (TPSA) is 29.1 Å².